The number of nitriles is 1. The molecule has 1 N–H and O–H groups in total. The van der Waals surface area contributed by atoms with Crippen molar-refractivity contribution in [1.82, 2.24) is 5.32 Å². The van der Waals surface area contributed by atoms with E-state index < -0.39 is 5.54 Å². The fourth-order valence-corrected chi connectivity index (χ4v) is 3.04. The number of nitrogens with zero attached hydrogens (tertiary/aromatic N) is 1. The van der Waals surface area contributed by atoms with Crippen molar-refractivity contribution in [3.05, 3.63) is 29.3 Å². The standard InChI is InChI=1S/C16H18N2O2/c17-11-16(7-2-1-3-8-16)18-15(19)13-4-5-14-12(10-13)6-9-20-14/h4-5,10H,1-3,6-9H2,(H,18,19). The molecule has 0 aromatic heterocycles. The average molecular weight is 270 g/mol. The predicted molar refractivity (Wildman–Crippen MR) is 74.5 cm³/mol. The quantitative estimate of drug-likeness (QED) is 0.898. The summed E-state index contributed by atoms with van der Waals surface area (Å²) in [6.45, 7) is 0.683. The summed E-state index contributed by atoms with van der Waals surface area (Å²) in [4.78, 5) is 12.4. The summed E-state index contributed by atoms with van der Waals surface area (Å²) in [5.74, 6) is 0.720. The number of hydrogen-bond donors (Lipinski definition) is 1. The van der Waals surface area contributed by atoms with Crippen LogP contribution in [0.1, 0.15) is 48.0 Å². The third-order valence-corrected chi connectivity index (χ3v) is 4.23. The number of hydrogen-bond acceptors (Lipinski definition) is 3. The number of fused-ring (bicyclic) bond motifs is 1. The van der Waals surface area contributed by atoms with Gasteiger partial charge in [0.05, 0.1) is 12.7 Å². The van der Waals surface area contributed by atoms with Crippen molar-refractivity contribution in [3.8, 4) is 11.8 Å². The highest BCUT2D eigenvalue weighted by atomic mass is 16.5. The van der Waals surface area contributed by atoms with Crippen LogP contribution >= 0.6 is 0 Å². The highest BCUT2D eigenvalue weighted by Gasteiger charge is 2.34. The van der Waals surface area contributed by atoms with E-state index in [1.807, 2.05) is 12.1 Å². The number of ether oxygens (including phenoxy) is 1. The van der Waals surface area contributed by atoms with Gasteiger partial charge in [-0.05, 0) is 36.6 Å². The lowest BCUT2D eigenvalue weighted by molar-refractivity contribution is 0.0902. The molecule has 3 rings (SSSR count). The van der Waals surface area contributed by atoms with Crippen LogP contribution in [0.25, 0.3) is 0 Å². The Morgan fingerprint density at radius 3 is 2.85 bits per heavy atom. The van der Waals surface area contributed by atoms with Crippen molar-refractivity contribution < 1.29 is 9.53 Å². The lowest BCUT2D eigenvalue weighted by Gasteiger charge is -2.31. The Labute approximate surface area is 118 Å². The van der Waals surface area contributed by atoms with Crippen LogP contribution in [-0.4, -0.2) is 18.1 Å². The average Bonchev–Trinajstić information content (AvgIpc) is 2.95. The molecule has 4 nitrogen and oxygen atoms in total. The van der Waals surface area contributed by atoms with Crippen LogP contribution in [0.15, 0.2) is 18.2 Å². The Morgan fingerprint density at radius 1 is 1.30 bits per heavy atom. The largest absolute Gasteiger partial charge is 0.493 e. The van der Waals surface area contributed by atoms with Crippen LogP contribution in [0.2, 0.25) is 0 Å². The van der Waals surface area contributed by atoms with Gasteiger partial charge in [0.15, 0.2) is 0 Å². The maximum absolute atomic E-state index is 12.4. The molecule has 1 aromatic carbocycles. The maximum Gasteiger partial charge on any atom is 0.252 e. The zero-order chi connectivity index (χ0) is 14.0. The Kier molecular flexibility index (Phi) is 3.35. The first-order chi connectivity index (χ1) is 9.72. The van der Waals surface area contributed by atoms with Crippen molar-refractivity contribution in [2.75, 3.05) is 6.61 Å². The monoisotopic (exact) mass is 270 g/mol. The Bertz CT molecular complexity index is 568. The SMILES string of the molecule is N#CC1(NC(=O)c2ccc3c(c2)CCO3)CCCCC1. The number of rotatable bonds is 2. The fraction of sp³-hybridized carbons (Fsp3) is 0.500. The fourth-order valence-electron chi connectivity index (χ4n) is 3.04. The summed E-state index contributed by atoms with van der Waals surface area (Å²) in [6, 6.07) is 7.81. The van der Waals surface area contributed by atoms with E-state index in [4.69, 9.17) is 4.74 Å². The van der Waals surface area contributed by atoms with Crippen molar-refractivity contribution in [2.24, 2.45) is 0 Å². The Hall–Kier alpha value is -2.02. The molecule has 0 saturated heterocycles. The lowest BCUT2D eigenvalue weighted by atomic mass is 9.82. The van der Waals surface area contributed by atoms with E-state index in [0.29, 0.717) is 12.2 Å². The molecule has 0 spiro atoms. The van der Waals surface area contributed by atoms with Gasteiger partial charge in [-0.15, -0.1) is 0 Å². The van der Waals surface area contributed by atoms with Crippen LogP contribution in [0.3, 0.4) is 0 Å². The van der Waals surface area contributed by atoms with Gasteiger partial charge >= 0.3 is 0 Å². The van der Waals surface area contributed by atoms with Crippen LogP contribution < -0.4 is 10.1 Å². The van der Waals surface area contributed by atoms with Gasteiger partial charge in [-0.3, -0.25) is 4.79 Å². The number of amides is 1. The van der Waals surface area contributed by atoms with E-state index in [0.717, 1.165) is 49.8 Å². The molecule has 2 aliphatic rings. The van der Waals surface area contributed by atoms with E-state index in [9.17, 15) is 10.1 Å². The molecule has 0 atom stereocenters. The summed E-state index contributed by atoms with van der Waals surface area (Å²) in [5.41, 5.74) is 1.02. The van der Waals surface area contributed by atoms with Gasteiger partial charge in [0, 0.05) is 12.0 Å². The highest BCUT2D eigenvalue weighted by Crippen LogP contribution is 2.29. The van der Waals surface area contributed by atoms with Crippen molar-refractivity contribution in [3.63, 3.8) is 0 Å². The first kappa shape index (κ1) is 13.0. The molecule has 1 fully saturated rings. The second-order valence-corrected chi connectivity index (χ2v) is 5.63. The highest BCUT2D eigenvalue weighted by molar-refractivity contribution is 5.95. The molecule has 1 heterocycles. The second-order valence-electron chi connectivity index (χ2n) is 5.63. The van der Waals surface area contributed by atoms with Crippen molar-refractivity contribution in [1.29, 1.82) is 5.26 Å². The summed E-state index contributed by atoms with van der Waals surface area (Å²) >= 11 is 0. The van der Waals surface area contributed by atoms with E-state index in [-0.39, 0.29) is 5.91 Å². The van der Waals surface area contributed by atoms with Gasteiger partial charge in [-0.25, -0.2) is 0 Å². The van der Waals surface area contributed by atoms with Gasteiger partial charge in [0.25, 0.3) is 5.91 Å². The first-order valence-electron chi connectivity index (χ1n) is 7.22. The second kappa shape index (κ2) is 5.16. The van der Waals surface area contributed by atoms with Crippen LogP contribution in [0, 0.1) is 11.3 Å². The minimum absolute atomic E-state index is 0.150. The van der Waals surface area contributed by atoms with Crippen molar-refractivity contribution >= 4 is 5.91 Å². The summed E-state index contributed by atoms with van der Waals surface area (Å²) in [7, 11) is 0. The summed E-state index contributed by atoms with van der Waals surface area (Å²) in [6.07, 6.45) is 5.51. The molecule has 0 bridgehead atoms. The molecule has 104 valence electrons. The van der Waals surface area contributed by atoms with E-state index in [2.05, 4.69) is 11.4 Å². The molecule has 1 amide bonds. The minimum Gasteiger partial charge on any atom is -0.493 e. The Morgan fingerprint density at radius 2 is 2.10 bits per heavy atom. The molecule has 1 aliphatic heterocycles. The van der Waals surface area contributed by atoms with Gasteiger partial charge < -0.3 is 10.1 Å². The molecule has 1 aromatic rings. The minimum atomic E-state index is -0.676. The molecule has 1 aliphatic carbocycles. The third kappa shape index (κ3) is 2.36. The third-order valence-electron chi connectivity index (χ3n) is 4.23. The first-order valence-corrected chi connectivity index (χ1v) is 7.22. The zero-order valence-electron chi connectivity index (χ0n) is 11.4. The van der Waals surface area contributed by atoms with Gasteiger partial charge in [0.1, 0.15) is 11.3 Å². The Balaban J connectivity index is 1.77. The van der Waals surface area contributed by atoms with E-state index >= 15 is 0 Å². The van der Waals surface area contributed by atoms with Crippen molar-refractivity contribution in [2.45, 2.75) is 44.1 Å². The number of carbonyl (C=O) groups is 1. The molecule has 0 radical (unpaired) electrons. The van der Waals surface area contributed by atoms with Gasteiger partial charge in [-0.1, -0.05) is 19.3 Å². The van der Waals surface area contributed by atoms with Crippen LogP contribution in [0.4, 0.5) is 0 Å². The number of nitrogens with one attached hydrogen (secondary N) is 1. The molecule has 0 unspecified atom stereocenters. The normalized spacial score (nSPS) is 19.6. The van der Waals surface area contributed by atoms with E-state index in [1.54, 1.807) is 6.07 Å². The van der Waals surface area contributed by atoms with Gasteiger partial charge in [-0.2, -0.15) is 5.26 Å². The molecular formula is C16H18N2O2. The van der Waals surface area contributed by atoms with Crippen LogP contribution in [-0.2, 0) is 6.42 Å². The predicted octanol–water partition coefficient (Wildman–Crippen LogP) is 2.58. The number of benzene rings is 1. The maximum atomic E-state index is 12.4. The van der Waals surface area contributed by atoms with Gasteiger partial charge in [0.2, 0.25) is 0 Å². The topological polar surface area (TPSA) is 62.1 Å². The number of carbonyl (C=O) groups excluding carboxylic acids is 1. The summed E-state index contributed by atoms with van der Waals surface area (Å²) in [5, 5.41) is 12.4. The molecule has 20 heavy (non-hydrogen) atoms. The zero-order valence-corrected chi connectivity index (χ0v) is 11.4. The molecule has 4 heteroatoms. The molecule has 1 saturated carbocycles. The molecular weight excluding hydrogens is 252 g/mol. The smallest absolute Gasteiger partial charge is 0.252 e. The van der Waals surface area contributed by atoms with Crippen LogP contribution in [0.5, 0.6) is 5.75 Å². The van der Waals surface area contributed by atoms with E-state index in [1.165, 1.54) is 0 Å². The summed E-state index contributed by atoms with van der Waals surface area (Å²) < 4.78 is 5.44. The lowest BCUT2D eigenvalue weighted by Crippen LogP contribution is -2.48.